The number of carbonyl (C=O) groups excluding carboxylic acids is 2. The number of rotatable bonds is 8. The van der Waals surface area contributed by atoms with E-state index in [0.717, 1.165) is 5.39 Å². The first-order valence-corrected chi connectivity index (χ1v) is 12.3. The van der Waals surface area contributed by atoms with Gasteiger partial charge in [0.15, 0.2) is 16.8 Å². The summed E-state index contributed by atoms with van der Waals surface area (Å²) in [6, 6.07) is 4.19. The first-order chi connectivity index (χ1) is 19.6. The monoisotopic (exact) mass is 591 g/mol. The summed E-state index contributed by atoms with van der Waals surface area (Å²) < 4.78 is 54.2. The summed E-state index contributed by atoms with van der Waals surface area (Å²) in [6.07, 6.45) is 1.42. The molecular weight excluding hydrogens is 574 g/mol. The lowest BCUT2D eigenvalue weighted by molar-refractivity contribution is -0.201. The van der Waals surface area contributed by atoms with Crippen LogP contribution in [0.4, 0.5) is 29.1 Å². The molecular formula is C24H18ClF4N9O3. The van der Waals surface area contributed by atoms with E-state index in [1.807, 2.05) is 6.07 Å². The van der Waals surface area contributed by atoms with Gasteiger partial charge in [0.1, 0.15) is 17.7 Å². The summed E-state index contributed by atoms with van der Waals surface area (Å²) in [5.41, 5.74) is 1.42. The molecule has 5 rings (SSSR count). The van der Waals surface area contributed by atoms with E-state index < -0.39 is 34.8 Å². The summed E-state index contributed by atoms with van der Waals surface area (Å²) in [4.78, 5) is 44.1. The van der Waals surface area contributed by atoms with Crippen LogP contribution in [-0.4, -0.2) is 61.4 Å². The van der Waals surface area contributed by atoms with Gasteiger partial charge in [0, 0.05) is 48.4 Å². The second-order valence-electron chi connectivity index (χ2n) is 9.01. The second-order valence-corrected chi connectivity index (χ2v) is 9.37. The highest BCUT2D eigenvalue weighted by Gasteiger charge is 2.43. The number of carbonyl (C=O) groups is 2. The van der Waals surface area contributed by atoms with Gasteiger partial charge in [-0.3, -0.25) is 9.48 Å². The van der Waals surface area contributed by atoms with E-state index in [-0.39, 0.29) is 42.7 Å². The van der Waals surface area contributed by atoms with Crippen LogP contribution < -0.4 is 9.96 Å². The fourth-order valence-electron chi connectivity index (χ4n) is 4.72. The van der Waals surface area contributed by atoms with Gasteiger partial charge in [0.25, 0.3) is 0 Å². The van der Waals surface area contributed by atoms with Crippen LogP contribution in [0.5, 0.6) is 0 Å². The van der Waals surface area contributed by atoms with Crippen LogP contribution in [0.15, 0.2) is 37.1 Å². The van der Waals surface area contributed by atoms with Crippen molar-refractivity contribution in [2.75, 3.05) is 23.1 Å². The Labute approximate surface area is 233 Å². The molecule has 0 saturated carbocycles. The smallest absolute Gasteiger partial charge is 0.354 e. The van der Waals surface area contributed by atoms with Gasteiger partial charge in [0.2, 0.25) is 6.41 Å². The minimum absolute atomic E-state index is 0.0547. The van der Waals surface area contributed by atoms with E-state index in [1.165, 1.54) is 6.33 Å². The van der Waals surface area contributed by atoms with Crippen LogP contribution >= 0.6 is 11.6 Å². The van der Waals surface area contributed by atoms with Gasteiger partial charge in [-0.1, -0.05) is 11.6 Å². The average Bonchev–Trinajstić information content (AvgIpc) is 3.72. The molecule has 0 spiro atoms. The van der Waals surface area contributed by atoms with Gasteiger partial charge >= 0.3 is 12.1 Å². The lowest BCUT2D eigenvalue weighted by atomic mass is 9.96. The summed E-state index contributed by atoms with van der Waals surface area (Å²) in [5.74, 6) is -4.26. The van der Waals surface area contributed by atoms with Crippen LogP contribution in [0.2, 0.25) is 5.15 Å². The minimum atomic E-state index is -5.41. The molecule has 1 aliphatic heterocycles. The normalized spacial score (nSPS) is 16.0. The van der Waals surface area contributed by atoms with Crippen LogP contribution in [0.1, 0.15) is 18.9 Å². The van der Waals surface area contributed by atoms with Crippen LogP contribution in [-0.2, 0) is 14.4 Å². The number of aromatic nitrogens is 6. The maximum Gasteiger partial charge on any atom is 0.493 e. The van der Waals surface area contributed by atoms with Crippen molar-refractivity contribution in [3.8, 4) is 17.3 Å². The lowest BCUT2D eigenvalue weighted by Crippen LogP contribution is -2.35. The van der Waals surface area contributed by atoms with E-state index in [0.29, 0.717) is 29.4 Å². The third kappa shape index (κ3) is 5.48. The average molecular weight is 592 g/mol. The Morgan fingerprint density at radius 3 is 2.93 bits per heavy atom. The lowest BCUT2D eigenvalue weighted by Gasteiger charge is -2.26. The molecule has 0 radical (unpaired) electrons. The third-order valence-electron chi connectivity index (χ3n) is 6.58. The number of amides is 1. The number of H-pyrrole nitrogens is 1. The minimum Gasteiger partial charge on any atom is -0.354 e. The highest BCUT2D eigenvalue weighted by atomic mass is 35.5. The molecule has 4 aromatic heterocycles. The predicted octanol–water partition coefficient (Wildman–Crippen LogP) is 3.97. The number of aromatic amines is 1. The Morgan fingerprint density at radius 2 is 2.20 bits per heavy atom. The molecule has 5 heterocycles. The maximum atomic E-state index is 14.3. The van der Waals surface area contributed by atoms with Crippen molar-refractivity contribution in [3.63, 3.8) is 0 Å². The molecule has 2 atom stereocenters. The molecule has 212 valence electrons. The highest BCUT2D eigenvalue weighted by Crippen LogP contribution is 2.38. The molecule has 1 fully saturated rings. The fraction of sp³-hybridized carbons (Fsp3) is 0.292. The van der Waals surface area contributed by atoms with E-state index >= 15 is 0 Å². The van der Waals surface area contributed by atoms with Crippen LogP contribution in [0.3, 0.4) is 0 Å². The Bertz CT molecular complexity index is 1650. The van der Waals surface area contributed by atoms with Gasteiger partial charge in [-0.25, -0.2) is 24.1 Å². The summed E-state index contributed by atoms with van der Waals surface area (Å²) in [6.45, 7) is 0.428. The molecule has 0 aromatic carbocycles. The molecule has 41 heavy (non-hydrogen) atoms. The Morgan fingerprint density at radius 1 is 1.39 bits per heavy atom. The van der Waals surface area contributed by atoms with Crippen molar-refractivity contribution in [1.29, 1.82) is 5.26 Å². The van der Waals surface area contributed by atoms with Crippen molar-refractivity contribution in [3.05, 3.63) is 48.0 Å². The molecule has 12 nitrogen and oxygen atoms in total. The first kappa shape index (κ1) is 27.8. The van der Waals surface area contributed by atoms with Crippen LogP contribution in [0.25, 0.3) is 22.3 Å². The van der Waals surface area contributed by atoms with Gasteiger partial charge in [-0.2, -0.15) is 23.5 Å². The van der Waals surface area contributed by atoms with E-state index in [9.17, 15) is 32.4 Å². The maximum absolute atomic E-state index is 14.3. The number of anilines is 2. The Hall–Kier alpha value is -4.78. The number of nitriles is 1. The van der Waals surface area contributed by atoms with Crippen molar-refractivity contribution in [1.82, 2.24) is 29.7 Å². The zero-order valence-corrected chi connectivity index (χ0v) is 21.5. The zero-order chi connectivity index (χ0) is 29.3. The van der Waals surface area contributed by atoms with Crippen molar-refractivity contribution < 1.29 is 32.0 Å². The van der Waals surface area contributed by atoms with E-state index in [1.54, 1.807) is 28.2 Å². The van der Waals surface area contributed by atoms with Crippen molar-refractivity contribution in [2.45, 2.75) is 25.1 Å². The van der Waals surface area contributed by atoms with Crippen LogP contribution in [0, 0.1) is 23.1 Å². The largest absolute Gasteiger partial charge is 0.493 e. The third-order valence-corrected chi connectivity index (χ3v) is 6.84. The van der Waals surface area contributed by atoms with Gasteiger partial charge in [-0.05, 0) is 12.5 Å². The number of hydrogen-bond donors (Lipinski definition) is 1. The quantitative estimate of drug-likeness (QED) is 0.139. The molecule has 1 saturated heterocycles. The molecule has 1 aliphatic rings. The second kappa shape index (κ2) is 11.0. The Balaban J connectivity index is 1.42. The topological polar surface area (TPSA) is 146 Å². The number of fused-ring (bicyclic) bond motifs is 1. The first-order valence-electron chi connectivity index (χ1n) is 11.9. The summed E-state index contributed by atoms with van der Waals surface area (Å²) in [5, 5.41) is 14.1. The molecule has 0 bridgehead atoms. The number of alkyl halides is 3. The number of nitrogens with zero attached hydrogens (tertiary/aromatic N) is 8. The molecule has 0 unspecified atom stereocenters. The summed E-state index contributed by atoms with van der Waals surface area (Å²) >= 11 is 5.85. The molecule has 1 N–H and O–H groups in total. The number of halogens is 5. The van der Waals surface area contributed by atoms with E-state index in [4.69, 9.17) is 11.6 Å². The number of hydroxylamine groups is 1. The highest BCUT2D eigenvalue weighted by molar-refractivity contribution is 6.29. The van der Waals surface area contributed by atoms with Gasteiger partial charge in [-0.15, -0.1) is 5.06 Å². The molecule has 17 heteroatoms. The van der Waals surface area contributed by atoms with Gasteiger partial charge in [0.05, 0.1) is 30.4 Å². The number of pyridine rings is 1. The van der Waals surface area contributed by atoms with Crippen molar-refractivity contribution in [2.24, 2.45) is 5.92 Å². The molecule has 0 aliphatic carbocycles. The molecule has 1 amide bonds. The predicted molar refractivity (Wildman–Crippen MR) is 135 cm³/mol. The fourth-order valence-corrected chi connectivity index (χ4v) is 4.85. The molecule has 4 aromatic rings. The SMILES string of the molecule is N#CC[C@@H]([C@H]1CCN(c2nc(Cl)c(F)cc2N(C=O)OC(=O)C(F)(F)F)C1)n1cc(-c2ncnc3[nH]ccc23)cn1. The zero-order valence-electron chi connectivity index (χ0n) is 20.7. The van der Waals surface area contributed by atoms with E-state index in [2.05, 4.69) is 35.9 Å². The standard InChI is InChI=1S/C24H18ClF4N9O3/c25-20-16(26)7-18(38(12-39)41-23(40)24(27,28)29)22(35-20)36-6-3-13(9-36)17(1-4-30)37-10-14(8-34-37)19-15-2-5-31-21(15)33-11-32-19/h2,5,7-8,10-13,17H,1,3,6,9H2,(H,31,32,33)/t13-,17-/m0/s1. The number of nitrogens with one attached hydrogen (secondary N) is 1. The van der Waals surface area contributed by atoms with Crippen molar-refractivity contribution >= 4 is 46.5 Å². The summed E-state index contributed by atoms with van der Waals surface area (Å²) in [7, 11) is 0. The van der Waals surface area contributed by atoms with Gasteiger partial charge < -0.3 is 14.7 Å². The Kier molecular flexibility index (Phi) is 7.45. The number of hydrogen-bond acceptors (Lipinski definition) is 9.